The van der Waals surface area contributed by atoms with Gasteiger partial charge in [-0.15, -0.1) is 0 Å². The van der Waals surface area contributed by atoms with Crippen LogP contribution in [0.3, 0.4) is 0 Å². The third kappa shape index (κ3) is 2.24. The largest absolute Gasteiger partial charge is 0.737 e. The molecule has 0 unspecified atom stereocenters. The highest BCUT2D eigenvalue weighted by Crippen LogP contribution is 2.44. The van der Waals surface area contributed by atoms with Crippen molar-refractivity contribution in [3.63, 3.8) is 0 Å². The Labute approximate surface area is 167 Å². The summed E-state index contributed by atoms with van der Waals surface area (Å²) in [5.41, 5.74) is 5.26. The molecule has 1 N–H and O–H groups in total. The molecule has 2 aliphatic heterocycles. The topological polar surface area (TPSA) is 41.1 Å². The Balaban J connectivity index is 1.93. The molecule has 0 aliphatic carbocycles. The average molecular weight is 391 g/mol. The highest BCUT2D eigenvalue weighted by molar-refractivity contribution is 6.58. The Morgan fingerprint density at radius 2 is 1.83 bits per heavy atom. The first-order chi connectivity index (χ1) is 13.7. The lowest BCUT2D eigenvalue weighted by molar-refractivity contribution is -0.363. The molecule has 0 amide bonds. The van der Waals surface area contributed by atoms with Crippen LogP contribution in [-0.2, 0) is 0 Å². The number of halogens is 2. The first-order valence-corrected chi connectivity index (χ1v) is 9.58. The van der Waals surface area contributed by atoms with Gasteiger partial charge in [-0.1, -0.05) is 18.2 Å². The van der Waals surface area contributed by atoms with E-state index in [0.29, 0.717) is 39.6 Å². The van der Waals surface area contributed by atoms with Crippen LogP contribution >= 0.6 is 0 Å². The second kappa shape index (κ2) is 5.66. The summed E-state index contributed by atoms with van der Waals surface area (Å²) in [7, 11) is 0. The number of fused-ring (bicyclic) bond motifs is 3. The lowest BCUT2D eigenvalue weighted by Crippen LogP contribution is -2.51. The number of para-hydroxylation sites is 1. The fourth-order valence-electron chi connectivity index (χ4n) is 4.81. The van der Waals surface area contributed by atoms with Crippen LogP contribution in [0.5, 0.6) is 5.75 Å². The summed E-state index contributed by atoms with van der Waals surface area (Å²) >= 11 is 0. The number of phenols is 1. The van der Waals surface area contributed by atoms with Gasteiger partial charge in [-0.05, 0) is 50.2 Å². The van der Waals surface area contributed by atoms with E-state index in [1.165, 1.54) is 0 Å². The monoisotopic (exact) mass is 391 g/mol. The molecule has 4 heterocycles. The molecule has 0 spiro atoms. The van der Waals surface area contributed by atoms with Gasteiger partial charge in [0, 0.05) is 29.7 Å². The van der Waals surface area contributed by atoms with Crippen molar-refractivity contribution in [1.82, 2.24) is 9.46 Å². The summed E-state index contributed by atoms with van der Waals surface area (Å²) in [5.74, 6) is 0.0712. The van der Waals surface area contributed by atoms with Gasteiger partial charge in [-0.2, -0.15) is 0 Å². The fourth-order valence-corrected chi connectivity index (χ4v) is 4.81. The highest BCUT2D eigenvalue weighted by Gasteiger charge is 2.55. The van der Waals surface area contributed by atoms with Gasteiger partial charge < -0.3 is 22.7 Å². The van der Waals surface area contributed by atoms with E-state index in [1.54, 1.807) is 38.1 Å². The second-order valence-corrected chi connectivity index (χ2v) is 7.88. The number of aryl methyl sites for hydroxylation is 2. The van der Waals surface area contributed by atoms with Crippen molar-refractivity contribution in [3.05, 3.63) is 76.4 Å². The first kappa shape index (κ1) is 17.9. The predicted molar refractivity (Wildman–Crippen MR) is 111 cm³/mol. The fraction of sp³-hybridized carbons (Fsp3) is 0.182. The summed E-state index contributed by atoms with van der Waals surface area (Å²) in [6.45, 7) is 3.11. The predicted octanol–water partition coefficient (Wildman–Crippen LogP) is 4.79. The molecular formula is C22H20BF2N3O. The summed E-state index contributed by atoms with van der Waals surface area (Å²) in [6, 6.07) is 10.7. The lowest BCUT2D eigenvalue weighted by atomic mass is 9.85. The van der Waals surface area contributed by atoms with E-state index in [-0.39, 0.29) is 5.75 Å². The van der Waals surface area contributed by atoms with Gasteiger partial charge in [0.2, 0.25) is 0 Å². The van der Waals surface area contributed by atoms with Crippen molar-refractivity contribution in [1.29, 1.82) is 0 Å². The average Bonchev–Trinajstić information content (AvgIpc) is 3.12. The molecule has 2 aliphatic rings. The third-order valence-electron chi connectivity index (χ3n) is 5.89. The SMILES string of the molecule is CC1=CC(C)=[N+]2C1=C(c1ccc3cccc(O)c3n1)c1c(C)cc(C)n1[B-]2(F)F. The van der Waals surface area contributed by atoms with E-state index >= 15 is 8.63 Å². The van der Waals surface area contributed by atoms with Gasteiger partial charge >= 0.3 is 6.97 Å². The van der Waals surface area contributed by atoms with Crippen LogP contribution in [-0.4, -0.2) is 31.7 Å². The van der Waals surface area contributed by atoms with Crippen LogP contribution < -0.4 is 0 Å². The Hall–Kier alpha value is -3.22. The van der Waals surface area contributed by atoms with Crippen LogP contribution in [0.15, 0.2) is 53.7 Å². The molecule has 0 saturated heterocycles. The van der Waals surface area contributed by atoms with E-state index in [4.69, 9.17) is 4.98 Å². The summed E-state index contributed by atoms with van der Waals surface area (Å²) in [4.78, 5) is 4.69. The first-order valence-electron chi connectivity index (χ1n) is 9.58. The molecule has 7 heteroatoms. The van der Waals surface area contributed by atoms with E-state index in [1.807, 2.05) is 32.0 Å². The van der Waals surface area contributed by atoms with E-state index in [2.05, 4.69) is 0 Å². The van der Waals surface area contributed by atoms with Crippen molar-refractivity contribution in [2.45, 2.75) is 27.7 Å². The maximum absolute atomic E-state index is 15.7. The van der Waals surface area contributed by atoms with Gasteiger partial charge in [0.15, 0.2) is 5.70 Å². The number of pyridine rings is 1. The van der Waals surface area contributed by atoms with Crippen LogP contribution in [0.25, 0.3) is 16.5 Å². The van der Waals surface area contributed by atoms with Crippen LogP contribution in [0.1, 0.15) is 36.5 Å². The van der Waals surface area contributed by atoms with E-state index in [9.17, 15) is 5.11 Å². The second-order valence-electron chi connectivity index (χ2n) is 7.88. The molecule has 0 atom stereocenters. The molecule has 1 aromatic carbocycles. The lowest BCUT2D eigenvalue weighted by Gasteiger charge is -2.33. The number of rotatable bonds is 1. The van der Waals surface area contributed by atoms with Gasteiger partial charge in [-0.25, -0.2) is 4.98 Å². The van der Waals surface area contributed by atoms with Crippen LogP contribution in [0.4, 0.5) is 8.63 Å². The number of nitrogens with zero attached hydrogens (tertiary/aromatic N) is 3. The third-order valence-corrected chi connectivity index (χ3v) is 5.89. The molecule has 3 aromatic rings. The summed E-state index contributed by atoms with van der Waals surface area (Å²) in [5, 5.41) is 11.1. The molecule has 0 radical (unpaired) electrons. The van der Waals surface area contributed by atoms with Gasteiger partial charge in [-0.3, -0.25) is 0 Å². The molecular weight excluding hydrogens is 371 g/mol. The van der Waals surface area contributed by atoms with Gasteiger partial charge in [0.05, 0.1) is 11.3 Å². The Morgan fingerprint density at radius 1 is 1.07 bits per heavy atom. The molecule has 29 heavy (non-hydrogen) atoms. The number of benzene rings is 1. The van der Waals surface area contributed by atoms with Crippen molar-refractivity contribution >= 4 is 29.2 Å². The highest BCUT2D eigenvalue weighted by atomic mass is 19.2. The van der Waals surface area contributed by atoms with Crippen molar-refractivity contribution in [2.24, 2.45) is 0 Å². The summed E-state index contributed by atoms with van der Waals surface area (Å²) < 4.78 is 33.6. The summed E-state index contributed by atoms with van der Waals surface area (Å²) in [6.07, 6.45) is 1.79. The van der Waals surface area contributed by atoms with Crippen molar-refractivity contribution in [3.8, 4) is 5.75 Å². The molecule has 0 saturated carbocycles. The minimum atomic E-state index is -4.01. The Bertz CT molecular complexity index is 1330. The number of hydrogen-bond donors (Lipinski definition) is 1. The standard InChI is InChI=1S/C22H20BF2N3O/c1-12-10-14(3)27-21(12)19(22-13(2)11-15(4)28(22)23(27,24)25)17-9-8-16-6-5-7-18(29)20(16)26-17/h5-11,29H,1-4H3. The minimum absolute atomic E-state index is 0.0712. The van der Waals surface area contributed by atoms with Gasteiger partial charge in [0.25, 0.3) is 0 Å². The number of allylic oxidation sites excluding steroid dienone is 2. The van der Waals surface area contributed by atoms with Gasteiger partial charge in [0.1, 0.15) is 17.0 Å². The Kier molecular flexibility index (Phi) is 3.48. The van der Waals surface area contributed by atoms with Crippen LogP contribution in [0, 0.1) is 13.8 Å². The zero-order valence-corrected chi connectivity index (χ0v) is 16.7. The van der Waals surface area contributed by atoms with E-state index < -0.39 is 6.97 Å². The Morgan fingerprint density at radius 3 is 2.59 bits per heavy atom. The molecule has 2 aromatic heterocycles. The normalized spacial score (nSPS) is 17.7. The molecule has 0 fully saturated rings. The zero-order valence-electron chi connectivity index (χ0n) is 16.7. The number of hydrogen-bond acceptors (Lipinski definition) is 2. The number of aromatic hydroxyl groups is 1. The zero-order chi connectivity index (χ0) is 20.7. The molecule has 5 rings (SSSR count). The maximum Gasteiger partial charge on any atom is 0.737 e. The van der Waals surface area contributed by atoms with E-state index in [0.717, 1.165) is 25.5 Å². The number of phenolic OH excluding ortho intramolecular Hbond substituents is 1. The molecule has 4 nitrogen and oxygen atoms in total. The maximum atomic E-state index is 15.7. The minimum Gasteiger partial charge on any atom is -0.506 e. The quantitative estimate of drug-likeness (QED) is 0.607. The van der Waals surface area contributed by atoms with Crippen molar-refractivity contribution in [2.75, 3.05) is 0 Å². The van der Waals surface area contributed by atoms with Crippen molar-refractivity contribution < 1.29 is 18.2 Å². The molecule has 146 valence electrons. The molecule has 0 bridgehead atoms. The van der Waals surface area contributed by atoms with Crippen LogP contribution in [0.2, 0.25) is 0 Å². The number of aromatic nitrogens is 2. The smallest absolute Gasteiger partial charge is 0.506 e.